The summed E-state index contributed by atoms with van der Waals surface area (Å²) in [5, 5.41) is 6.12. The lowest BCUT2D eigenvalue weighted by Gasteiger charge is -2.37. The first-order chi connectivity index (χ1) is 19.7. The van der Waals surface area contributed by atoms with Crippen molar-refractivity contribution in [2.75, 3.05) is 6.61 Å². The standard InChI is InChI=1S/C29H28F4N4O5/c1-6-7-12-39-18-9-11-21(34-16-18)22-14-23(42-37-22)17-8-10-20(30)19(13-17)28(5)15-24(29(31,32)33)40-25(36-28)35-26(38)41-27(2,3)4/h8-11,13-14,16,24H,12,15H2,1-5H3,(H,35,36,38)/t24-,28-/m0/s1. The lowest BCUT2D eigenvalue weighted by Crippen LogP contribution is -2.49. The van der Waals surface area contributed by atoms with Gasteiger partial charge in [0.15, 0.2) is 11.9 Å². The van der Waals surface area contributed by atoms with E-state index in [4.69, 9.17) is 18.7 Å². The maximum Gasteiger partial charge on any atom is 0.425 e. The first kappa shape index (κ1) is 30.4. The van der Waals surface area contributed by atoms with Crippen molar-refractivity contribution in [3.8, 4) is 40.3 Å². The molecule has 13 heteroatoms. The number of alkyl carbamates (subject to hydrolysis) is 1. The van der Waals surface area contributed by atoms with Crippen molar-refractivity contribution in [2.24, 2.45) is 4.99 Å². The molecular formula is C29H28F4N4O5. The molecular weight excluding hydrogens is 560 g/mol. The number of nitrogens with zero attached hydrogens (tertiary/aromatic N) is 3. The minimum atomic E-state index is -4.83. The molecule has 222 valence electrons. The van der Waals surface area contributed by atoms with Gasteiger partial charge in [0.05, 0.1) is 17.4 Å². The summed E-state index contributed by atoms with van der Waals surface area (Å²) in [5.74, 6) is 5.42. The van der Waals surface area contributed by atoms with E-state index >= 15 is 4.39 Å². The van der Waals surface area contributed by atoms with Gasteiger partial charge in [-0.05, 0) is 65.0 Å². The Balaban J connectivity index is 1.64. The predicted octanol–water partition coefficient (Wildman–Crippen LogP) is 6.39. The zero-order valence-electron chi connectivity index (χ0n) is 23.4. The largest absolute Gasteiger partial charge is 0.479 e. The van der Waals surface area contributed by atoms with Crippen LogP contribution in [0.2, 0.25) is 0 Å². The van der Waals surface area contributed by atoms with E-state index in [9.17, 15) is 18.0 Å². The van der Waals surface area contributed by atoms with Gasteiger partial charge in [0.2, 0.25) is 0 Å². The molecule has 42 heavy (non-hydrogen) atoms. The summed E-state index contributed by atoms with van der Waals surface area (Å²) in [5.41, 5.74) is -1.73. The number of amidine groups is 1. The monoisotopic (exact) mass is 588 g/mol. The number of nitrogens with one attached hydrogen (secondary N) is 1. The minimum absolute atomic E-state index is 0.172. The van der Waals surface area contributed by atoms with Gasteiger partial charge in [-0.15, -0.1) is 5.92 Å². The molecule has 0 radical (unpaired) electrons. The molecule has 3 heterocycles. The van der Waals surface area contributed by atoms with Crippen molar-refractivity contribution in [3.63, 3.8) is 0 Å². The highest BCUT2D eigenvalue weighted by Gasteiger charge is 2.50. The summed E-state index contributed by atoms with van der Waals surface area (Å²) >= 11 is 0. The van der Waals surface area contributed by atoms with Crippen LogP contribution in [0.4, 0.5) is 22.4 Å². The van der Waals surface area contributed by atoms with Crippen LogP contribution in [-0.4, -0.2) is 46.7 Å². The molecule has 3 aromatic rings. The van der Waals surface area contributed by atoms with E-state index in [0.717, 1.165) is 6.07 Å². The van der Waals surface area contributed by atoms with Crippen LogP contribution in [0.15, 0.2) is 52.1 Å². The van der Waals surface area contributed by atoms with Crippen molar-refractivity contribution >= 4 is 12.1 Å². The van der Waals surface area contributed by atoms with E-state index in [0.29, 0.717) is 22.7 Å². The van der Waals surface area contributed by atoms with Crippen LogP contribution in [-0.2, 0) is 15.0 Å². The summed E-state index contributed by atoms with van der Waals surface area (Å²) < 4.78 is 77.6. The van der Waals surface area contributed by atoms with Gasteiger partial charge < -0.3 is 18.7 Å². The van der Waals surface area contributed by atoms with Gasteiger partial charge in [-0.25, -0.2) is 19.5 Å². The SMILES string of the molecule is CC#CCOc1ccc(-c2cc(-c3ccc(F)c([C@]4(C)C[C@@H](C(F)(F)F)OC(NC(=O)OC(C)(C)C)=N4)c3)on2)nc1. The second-order valence-corrected chi connectivity index (χ2v) is 10.5. The van der Waals surface area contributed by atoms with E-state index in [1.54, 1.807) is 45.9 Å². The van der Waals surface area contributed by atoms with Gasteiger partial charge in [-0.2, -0.15) is 13.2 Å². The van der Waals surface area contributed by atoms with Gasteiger partial charge in [0.25, 0.3) is 6.02 Å². The Kier molecular flexibility index (Phi) is 8.47. The molecule has 0 spiro atoms. The first-order valence-electron chi connectivity index (χ1n) is 12.8. The van der Waals surface area contributed by atoms with Crippen LogP contribution in [0.25, 0.3) is 22.7 Å². The molecule has 0 unspecified atom stereocenters. The number of hydrogen-bond donors (Lipinski definition) is 1. The number of pyridine rings is 1. The van der Waals surface area contributed by atoms with Crippen molar-refractivity contribution in [2.45, 2.75) is 64.5 Å². The first-order valence-corrected chi connectivity index (χ1v) is 12.8. The molecule has 1 amide bonds. The number of ether oxygens (including phenoxy) is 3. The molecule has 0 bridgehead atoms. The Bertz CT molecular complexity index is 1530. The average molecular weight is 589 g/mol. The Hall–Kier alpha value is -4.60. The Morgan fingerprint density at radius 3 is 2.57 bits per heavy atom. The number of halogens is 4. The maximum atomic E-state index is 15.2. The van der Waals surface area contributed by atoms with Crippen molar-refractivity contribution in [1.29, 1.82) is 0 Å². The fourth-order valence-corrected chi connectivity index (χ4v) is 4.07. The second kappa shape index (κ2) is 11.7. The predicted molar refractivity (Wildman–Crippen MR) is 144 cm³/mol. The molecule has 4 rings (SSSR count). The van der Waals surface area contributed by atoms with Crippen LogP contribution in [0.5, 0.6) is 5.75 Å². The number of hydrogen-bond acceptors (Lipinski definition) is 8. The molecule has 1 aromatic carbocycles. The molecule has 0 saturated carbocycles. The third kappa shape index (κ3) is 7.37. The Morgan fingerprint density at radius 2 is 1.93 bits per heavy atom. The van der Waals surface area contributed by atoms with Crippen LogP contribution >= 0.6 is 0 Å². The van der Waals surface area contributed by atoms with E-state index < -0.39 is 47.8 Å². The number of amides is 1. The maximum absolute atomic E-state index is 15.2. The lowest BCUT2D eigenvalue weighted by molar-refractivity contribution is -0.208. The van der Waals surface area contributed by atoms with Crippen LogP contribution in [0, 0.1) is 17.7 Å². The number of aromatic nitrogens is 2. The average Bonchev–Trinajstić information content (AvgIpc) is 3.38. The smallest absolute Gasteiger partial charge is 0.425 e. The fourth-order valence-electron chi connectivity index (χ4n) is 4.07. The summed E-state index contributed by atoms with van der Waals surface area (Å²) in [6, 6.07) is 7.99. The van der Waals surface area contributed by atoms with Gasteiger partial charge >= 0.3 is 12.3 Å². The highest BCUT2D eigenvalue weighted by atomic mass is 19.4. The molecule has 0 saturated heterocycles. The number of rotatable bonds is 5. The minimum Gasteiger partial charge on any atom is -0.479 e. The van der Waals surface area contributed by atoms with E-state index in [-0.39, 0.29) is 17.9 Å². The van der Waals surface area contributed by atoms with Crippen molar-refractivity contribution in [3.05, 3.63) is 54.0 Å². The molecule has 9 nitrogen and oxygen atoms in total. The second-order valence-electron chi connectivity index (χ2n) is 10.5. The van der Waals surface area contributed by atoms with Gasteiger partial charge in [0.1, 0.15) is 29.5 Å². The van der Waals surface area contributed by atoms with E-state index in [1.165, 1.54) is 25.3 Å². The quantitative estimate of drug-likeness (QED) is 0.272. The van der Waals surface area contributed by atoms with E-state index in [2.05, 4.69) is 32.3 Å². The molecule has 2 atom stereocenters. The van der Waals surface area contributed by atoms with Gasteiger partial charge in [-0.1, -0.05) is 11.1 Å². The molecule has 1 aliphatic heterocycles. The third-order valence-electron chi connectivity index (χ3n) is 5.99. The zero-order valence-corrected chi connectivity index (χ0v) is 23.4. The summed E-state index contributed by atoms with van der Waals surface area (Å²) in [6.07, 6.45) is -7.53. The Labute approximate surface area is 239 Å². The highest BCUT2D eigenvalue weighted by Crippen LogP contribution is 2.42. The number of carbonyl (C=O) groups excluding carboxylic acids is 1. The summed E-state index contributed by atoms with van der Waals surface area (Å²) in [7, 11) is 0. The molecule has 1 N–H and O–H groups in total. The van der Waals surface area contributed by atoms with Crippen LogP contribution in [0.1, 0.15) is 46.6 Å². The number of benzene rings is 1. The van der Waals surface area contributed by atoms with Crippen molar-refractivity contribution < 1.29 is 41.1 Å². The van der Waals surface area contributed by atoms with Gasteiger partial charge in [-0.3, -0.25) is 4.98 Å². The van der Waals surface area contributed by atoms with Crippen molar-refractivity contribution in [1.82, 2.24) is 15.5 Å². The molecule has 2 aromatic heterocycles. The number of carbonyl (C=O) groups is 1. The number of aliphatic imine (C=N–C) groups is 1. The molecule has 0 fully saturated rings. The topological polar surface area (TPSA) is 108 Å². The van der Waals surface area contributed by atoms with Crippen LogP contribution < -0.4 is 10.1 Å². The highest BCUT2D eigenvalue weighted by molar-refractivity contribution is 5.91. The summed E-state index contributed by atoms with van der Waals surface area (Å²) in [4.78, 5) is 20.7. The molecule has 0 aliphatic carbocycles. The number of alkyl halides is 3. The summed E-state index contributed by atoms with van der Waals surface area (Å²) in [6.45, 7) is 7.98. The van der Waals surface area contributed by atoms with Gasteiger partial charge in [0, 0.05) is 23.6 Å². The van der Waals surface area contributed by atoms with Crippen LogP contribution in [0.3, 0.4) is 0 Å². The molecule has 1 aliphatic rings. The Morgan fingerprint density at radius 1 is 1.17 bits per heavy atom. The normalized spacial score (nSPS) is 18.7. The third-order valence-corrected chi connectivity index (χ3v) is 5.99. The fraction of sp³-hybridized carbons (Fsp3) is 0.379. The lowest BCUT2D eigenvalue weighted by atomic mass is 9.84. The zero-order chi connectivity index (χ0) is 30.7. The van der Waals surface area contributed by atoms with E-state index in [1.807, 2.05) is 0 Å².